The zero-order chi connectivity index (χ0) is 26.4. The summed E-state index contributed by atoms with van der Waals surface area (Å²) in [5, 5.41) is 3.24. The lowest BCUT2D eigenvalue weighted by Crippen LogP contribution is -2.27. The highest BCUT2D eigenvalue weighted by atomic mass is 35.5. The molecule has 0 aromatic heterocycles. The minimum absolute atomic E-state index is 0.212. The monoisotopic (exact) mass is 554 g/mol. The van der Waals surface area contributed by atoms with Gasteiger partial charge in [-0.3, -0.25) is 14.5 Å². The van der Waals surface area contributed by atoms with Gasteiger partial charge in [0, 0.05) is 10.7 Å². The maximum absolute atomic E-state index is 13.1. The molecule has 1 aliphatic rings. The Morgan fingerprint density at radius 1 is 1.08 bits per heavy atom. The quantitative estimate of drug-likeness (QED) is 0.250. The zero-order valence-corrected chi connectivity index (χ0v) is 22.4. The van der Waals surface area contributed by atoms with Crippen molar-refractivity contribution in [2.75, 3.05) is 30.5 Å². The molecule has 0 aliphatic carbocycles. The molecule has 0 atom stereocenters. The van der Waals surface area contributed by atoms with E-state index in [9.17, 15) is 9.59 Å². The van der Waals surface area contributed by atoms with Crippen molar-refractivity contribution < 1.29 is 23.8 Å². The van der Waals surface area contributed by atoms with Crippen LogP contribution in [0.2, 0.25) is 5.02 Å². The number of hydrogen-bond acceptors (Lipinski definition) is 7. The molecular formula is C27H23ClN2O5S2. The number of amides is 2. The molecule has 7 nitrogen and oxygen atoms in total. The van der Waals surface area contributed by atoms with Gasteiger partial charge in [-0.15, -0.1) is 0 Å². The normalized spacial score (nSPS) is 14.1. The first kappa shape index (κ1) is 26.5. The molecule has 0 saturated carbocycles. The smallest absolute Gasteiger partial charge is 0.270 e. The van der Waals surface area contributed by atoms with Gasteiger partial charge in [-0.2, -0.15) is 0 Å². The lowest BCUT2D eigenvalue weighted by molar-refractivity contribution is -0.118. The van der Waals surface area contributed by atoms with E-state index in [-0.39, 0.29) is 18.4 Å². The number of carbonyl (C=O) groups is 2. The summed E-state index contributed by atoms with van der Waals surface area (Å²) in [5.41, 5.74) is 1.97. The standard InChI is InChI=1S/C27H23ClN2O5S2/c1-3-34-21-10-8-20(9-11-21)30-26(32)24(37-27(30)36)14-17-7-12-22(23(13-17)33-2)35-16-25(31)29-19-6-4-5-18(28)15-19/h4-15H,3,16H2,1-2H3,(H,29,31)/b24-14-. The number of thioether (sulfide) groups is 1. The molecule has 2 amide bonds. The van der Waals surface area contributed by atoms with Crippen LogP contribution < -0.4 is 24.4 Å². The van der Waals surface area contributed by atoms with Crippen LogP contribution in [0.15, 0.2) is 71.6 Å². The number of nitrogens with zero attached hydrogens (tertiary/aromatic N) is 1. The first-order valence-electron chi connectivity index (χ1n) is 11.2. The summed E-state index contributed by atoms with van der Waals surface area (Å²) in [4.78, 5) is 27.4. The fourth-order valence-electron chi connectivity index (χ4n) is 3.50. The molecule has 1 fully saturated rings. The van der Waals surface area contributed by atoms with Crippen LogP contribution in [0.1, 0.15) is 12.5 Å². The van der Waals surface area contributed by atoms with Crippen molar-refractivity contribution in [3.8, 4) is 17.2 Å². The van der Waals surface area contributed by atoms with Crippen LogP contribution in [-0.2, 0) is 9.59 Å². The largest absolute Gasteiger partial charge is 0.494 e. The van der Waals surface area contributed by atoms with Gasteiger partial charge in [-0.05, 0) is 73.2 Å². The van der Waals surface area contributed by atoms with E-state index in [1.807, 2.05) is 6.92 Å². The lowest BCUT2D eigenvalue weighted by Gasteiger charge is -2.15. The Hall–Kier alpha value is -3.53. The van der Waals surface area contributed by atoms with E-state index in [0.717, 1.165) is 11.3 Å². The maximum atomic E-state index is 13.1. The van der Waals surface area contributed by atoms with E-state index in [2.05, 4.69) is 5.32 Å². The van der Waals surface area contributed by atoms with Crippen molar-refractivity contribution in [3.63, 3.8) is 0 Å². The van der Waals surface area contributed by atoms with Crippen LogP contribution >= 0.6 is 35.6 Å². The summed E-state index contributed by atoms with van der Waals surface area (Å²) in [6.07, 6.45) is 1.74. The molecule has 1 aliphatic heterocycles. The van der Waals surface area contributed by atoms with Crippen molar-refractivity contribution in [2.24, 2.45) is 0 Å². The number of carbonyl (C=O) groups excluding carboxylic acids is 2. The highest BCUT2D eigenvalue weighted by Gasteiger charge is 2.33. The molecule has 37 heavy (non-hydrogen) atoms. The Kier molecular flexibility index (Phi) is 8.70. The van der Waals surface area contributed by atoms with Crippen molar-refractivity contribution >= 4 is 69.2 Å². The van der Waals surface area contributed by atoms with E-state index < -0.39 is 0 Å². The molecule has 10 heteroatoms. The second-order valence-corrected chi connectivity index (χ2v) is 9.81. The van der Waals surface area contributed by atoms with Gasteiger partial charge in [-0.1, -0.05) is 47.7 Å². The van der Waals surface area contributed by atoms with Crippen molar-refractivity contribution in [3.05, 3.63) is 82.2 Å². The fraction of sp³-hybridized carbons (Fsp3) is 0.148. The fourth-order valence-corrected chi connectivity index (χ4v) is 4.99. The van der Waals surface area contributed by atoms with E-state index >= 15 is 0 Å². The topological polar surface area (TPSA) is 77.1 Å². The van der Waals surface area contributed by atoms with Crippen LogP contribution in [0.5, 0.6) is 17.2 Å². The van der Waals surface area contributed by atoms with E-state index in [4.69, 9.17) is 38.0 Å². The zero-order valence-electron chi connectivity index (χ0n) is 20.0. The van der Waals surface area contributed by atoms with E-state index in [1.165, 1.54) is 23.8 Å². The predicted molar refractivity (Wildman–Crippen MR) is 152 cm³/mol. The van der Waals surface area contributed by atoms with Gasteiger partial charge in [0.2, 0.25) is 0 Å². The third kappa shape index (κ3) is 6.62. The first-order chi connectivity index (χ1) is 17.9. The third-order valence-corrected chi connectivity index (χ3v) is 6.69. The van der Waals surface area contributed by atoms with Crippen LogP contribution in [0.25, 0.3) is 6.08 Å². The Bertz CT molecular complexity index is 1360. The maximum Gasteiger partial charge on any atom is 0.270 e. The van der Waals surface area contributed by atoms with Gasteiger partial charge >= 0.3 is 0 Å². The number of thiocarbonyl (C=S) groups is 1. The molecule has 0 unspecified atom stereocenters. The van der Waals surface area contributed by atoms with Crippen molar-refractivity contribution in [1.29, 1.82) is 0 Å². The molecule has 1 heterocycles. The minimum atomic E-state index is -0.341. The van der Waals surface area contributed by atoms with Gasteiger partial charge in [0.25, 0.3) is 11.8 Å². The van der Waals surface area contributed by atoms with Gasteiger partial charge in [0.05, 0.1) is 24.3 Å². The highest BCUT2D eigenvalue weighted by Crippen LogP contribution is 2.37. The van der Waals surface area contributed by atoms with Crippen LogP contribution in [0, 0.1) is 0 Å². The molecule has 3 aromatic carbocycles. The molecule has 4 rings (SSSR count). The van der Waals surface area contributed by atoms with Crippen molar-refractivity contribution in [1.82, 2.24) is 0 Å². The third-order valence-electron chi connectivity index (χ3n) is 5.15. The second kappa shape index (κ2) is 12.1. The average molecular weight is 555 g/mol. The Balaban J connectivity index is 1.44. The van der Waals surface area contributed by atoms with E-state index in [0.29, 0.717) is 43.7 Å². The first-order valence-corrected chi connectivity index (χ1v) is 12.8. The number of benzene rings is 3. The average Bonchev–Trinajstić information content (AvgIpc) is 3.16. The Labute approximate surface area is 229 Å². The number of hydrogen-bond donors (Lipinski definition) is 1. The molecule has 1 saturated heterocycles. The number of anilines is 2. The van der Waals surface area contributed by atoms with Gasteiger partial charge < -0.3 is 19.5 Å². The van der Waals surface area contributed by atoms with Crippen LogP contribution in [0.4, 0.5) is 11.4 Å². The molecule has 0 radical (unpaired) electrons. The Morgan fingerprint density at radius 3 is 2.57 bits per heavy atom. The highest BCUT2D eigenvalue weighted by molar-refractivity contribution is 8.27. The summed E-state index contributed by atoms with van der Waals surface area (Å²) < 4.78 is 17.0. The number of methoxy groups -OCH3 is 1. The molecule has 0 spiro atoms. The Morgan fingerprint density at radius 2 is 1.86 bits per heavy atom. The summed E-state index contributed by atoms with van der Waals surface area (Å²) in [7, 11) is 1.50. The summed E-state index contributed by atoms with van der Waals surface area (Å²) >= 11 is 12.6. The van der Waals surface area contributed by atoms with Gasteiger partial charge in [-0.25, -0.2) is 0 Å². The number of rotatable bonds is 9. The molecule has 0 bridgehead atoms. The van der Waals surface area contributed by atoms with Crippen molar-refractivity contribution in [2.45, 2.75) is 6.92 Å². The van der Waals surface area contributed by atoms with E-state index in [1.54, 1.807) is 72.8 Å². The molecule has 1 N–H and O–H groups in total. The number of ether oxygens (including phenoxy) is 3. The van der Waals surface area contributed by atoms with Gasteiger partial charge in [0.1, 0.15) is 5.75 Å². The molecule has 190 valence electrons. The van der Waals surface area contributed by atoms with Crippen LogP contribution in [-0.4, -0.2) is 36.5 Å². The summed E-state index contributed by atoms with van der Waals surface area (Å²) in [6, 6.07) is 19.2. The SMILES string of the molecule is CCOc1ccc(N2C(=O)/C(=C/c3ccc(OCC(=O)Nc4cccc(Cl)c4)c(OC)c3)SC2=S)cc1. The predicted octanol–water partition coefficient (Wildman–Crippen LogP) is 6.17. The van der Waals surface area contributed by atoms with Crippen LogP contribution in [0.3, 0.4) is 0 Å². The minimum Gasteiger partial charge on any atom is -0.494 e. The van der Waals surface area contributed by atoms with Gasteiger partial charge in [0.15, 0.2) is 22.4 Å². The molecule has 3 aromatic rings. The summed E-state index contributed by atoms with van der Waals surface area (Å²) in [6.45, 7) is 2.25. The number of nitrogens with one attached hydrogen (secondary N) is 1. The second-order valence-electron chi connectivity index (χ2n) is 7.70. The molecular weight excluding hydrogens is 532 g/mol. The lowest BCUT2D eigenvalue weighted by atomic mass is 10.1. The summed E-state index contributed by atoms with van der Waals surface area (Å²) in [5.74, 6) is 0.986. The number of halogens is 1.